The van der Waals surface area contributed by atoms with Crippen LogP contribution in [0.3, 0.4) is 0 Å². The van der Waals surface area contributed by atoms with Crippen molar-refractivity contribution in [1.82, 2.24) is 15.1 Å². The van der Waals surface area contributed by atoms with E-state index in [4.69, 9.17) is 4.74 Å². The summed E-state index contributed by atoms with van der Waals surface area (Å²) >= 11 is 0. The Hall–Kier alpha value is -1.00. The Kier molecular flexibility index (Phi) is 12.6. The van der Waals surface area contributed by atoms with Crippen LogP contribution in [0.15, 0.2) is 23.2 Å². The van der Waals surface area contributed by atoms with Crippen molar-refractivity contribution in [2.24, 2.45) is 4.99 Å². The first-order chi connectivity index (χ1) is 13.6. The molecule has 29 heavy (non-hydrogen) atoms. The maximum atomic E-state index is 14.2. The Balaban J connectivity index is 0.00000420. The van der Waals surface area contributed by atoms with E-state index in [9.17, 15) is 8.78 Å². The van der Waals surface area contributed by atoms with E-state index in [1.807, 2.05) is 14.0 Å². The zero-order valence-corrected chi connectivity index (χ0v) is 20.1. The molecule has 1 saturated heterocycles. The standard InChI is InChI=1S/C21H34F2N4O.HI/c1-4-20(18-9-8-17(22)16-19(18)23)26-11-13-27(14-12-26)21(24-2)25-10-6-5-7-15-28-3;/h8-9,16,20H,4-7,10-15H2,1-3H3,(H,24,25);1H. The van der Waals surface area contributed by atoms with Gasteiger partial charge in [0.1, 0.15) is 11.6 Å². The van der Waals surface area contributed by atoms with Crippen LogP contribution in [0.1, 0.15) is 44.2 Å². The molecule has 1 aliphatic rings. The molecular weight excluding hydrogens is 489 g/mol. The monoisotopic (exact) mass is 524 g/mol. The Labute approximate surface area is 190 Å². The van der Waals surface area contributed by atoms with E-state index in [1.165, 1.54) is 6.07 Å². The highest BCUT2D eigenvalue weighted by Crippen LogP contribution is 2.28. The molecule has 0 radical (unpaired) electrons. The van der Waals surface area contributed by atoms with Gasteiger partial charge < -0.3 is 15.0 Å². The minimum absolute atomic E-state index is 0. The topological polar surface area (TPSA) is 40.1 Å². The molecule has 0 saturated carbocycles. The largest absolute Gasteiger partial charge is 0.385 e. The maximum absolute atomic E-state index is 14.2. The Morgan fingerprint density at radius 1 is 1.17 bits per heavy atom. The highest BCUT2D eigenvalue weighted by molar-refractivity contribution is 14.0. The number of piperazine rings is 1. The average molecular weight is 524 g/mol. The number of rotatable bonds is 9. The first-order valence-electron chi connectivity index (χ1n) is 10.2. The highest BCUT2D eigenvalue weighted by Gasteiger charge is 2.27. The molecular formula is C21H35F2IN4O. The summed E-state index contributed by atoms with van der Waals surface area (Å²) in [5.74, 6) is -0.0642. The third-order valence-electron chi connectivity index (χ3n) is 5.28. The van der Waals surface area contributed by atoms with Crippen LogP contribution in [-0.4, -0.2) is 69.2 Å². The summed E-state index contributed by atoms with van der Waals surface area (Å²) < 4.78 is 32.5. The number of halogens is 3. The van der Waals surface area contributed by atoms with Gasteiger partial charge in [-0.3, -0.25) is 9.89 Å². The number of guanidine groups is 1. The molecule has 1 N–H and O–H groups in total. The van der Waals surface area contributed by atoms with Crippen LogP contribution >= 0.6 is 24.0 Å². The molecule has 0 bridgehead atoms. The molecule has 1 fully saturated rings. The number of nitrogens with one attached hydrogen (secondary N) is 1. The fourth-order valence-electron chi connectivity index (χ4n) is 3.77. The molecule has 2 rings (SSSR count). The molecule has 8 heteroatoms. The lowest BCUT2D eigenvalue weighted by atomic mass is 10.0. The van der Waals surface area contributed by atoms with Crippen molar-refractivity contribution in [2.45, 2.75) is 38.6 Å². The number of methoxy groups -OCH3 is 1. The lowest BCUT2D eigenvalue weighted by Crippen LogP contribution is -2.53. The van der Waals surface area contributed by atoms with Crippen molar-refractivity contribution in [3.63, 3.8) is 0 Å². The molecule has 0 amide bonds. The summed E-state index contributed by atoms with van der Waals surface area (Å²) in [7, 11) is 3.54. The number of benzene rings is 1. The maximum Gasteiger partial charge on any atom is 0.193 e. The zero-order valence-electron chi connectivity index (χ0n) is 17.8. The number of aliphatic imine (C=N–C) groups is 1. The fraction of sp³-hybridized carbons (Fsp3) is 0.667. The van der Waals surface area contributed by atoms with Crippen LogP contribution in [0.5, 0.6) is 0 Å². The first-order valence-corrected chi connectivity index (χ1v) is 10.2. The van der Waals surface area contributed by atoms with E-state index in [0.29, 0.717) is 5.56 Å². The van der Waals surface area contributed by atoms with Crippen LogP contribution in [0.4, 0.5) is 8.78 Å². The quantitative estimate of drug-likeness (QED) is 0.229. The van der Waals surface area contributed by atoms with Crippen molar-refractivity contribution >= 4 is 29.9 Å². The molecule has 1 aromatic carbocycles. The number of hydrogen-bond acceptors (Lipinski definition) is 3. The van der Waals surface area contributed by atoms with Crippen molar-refractivity contribution in [1.29, 1.82) is 0 Å². The highest BCUT2D eigenvalue weighted by atomic mass is 127. The van der Waals surface area contributed by atoms with E-state index in [2.05, 4.69) is 20.1 Å². The van der Waals surface area contributed by atoms with E-state index in [-0.39, 0.29) is 30.0 Å². The Bertz CT molecular complexity index is 625. The summed E-state index contributed by atoms with van der Waals surface area (Å²) in [5.41, 5.74) is 0.580. The third-order valence-corrected chi connectivity index (χ3v) is 5.28. The summed E-state index contributed by atoms with van der Waals surface area (Å²) in [4.78, 5) is 8.94. The number of hydrogen-bond donors (Lipinski definition) is 1. The number of ether oxygens (including phenoxy) is 1. The van der Waals surface area contributed by atoms with Crippen LogP contribution in [-0.2, 0) is 4.74 Å². The smallest absolute Gasteiger partial charge is 0.193 e. The van der Waals surface area contributed by atoms with Gasteiger partial charge in [0.15, 0.2) is 5.96 Å². The van der Waals surface area contributed by atoms with Crippen LogP contribution < -0.4 is 5.32 Å². The lowest BCUT2D eigenvalue weighted by molar-refractivity contribution is 0.124. The molecule has 0 spiro atoms. The van der Waals surface area contributed by atoms with Crippen LogP contribution in [0.25, 0.3) is 0 Å². The van der Waals surface area contributed by atoms with Gasteiger partial charge in [-0.2, -0.15) is 0 Å². The summed E-state index contributed by atoms with van der Waals surface area (Å²) in [6.45, 7) is 7.07. The van der Waals surface area contributed by atoms with Gasteiger partial charge in [0, 0.05) is 71.2 Å². The molecule has 0 aromatic heterocycles. The zero-order chi connectivity index (χ0) is 20.4. The molecule has 5 nitrogen and oxygen atoms in total. The second-order valence-corrected chi connectivity index (χ2v) is 7.14. The third kappa shape index (κ3) is 7.97. The van der Waals surface area contributed by atoms with Gasteiger partial charge in [-0.25, -0.2) is 8.78 Å². The summed E-state index contributed by atoms with van der Waals surface area (Å²) in [5, 5.41) is 3.44. The van der Waals surface area contributed by atoms with Gasteiger partial charge in [0.25, 0.3) is 0 Å². The molecule has 0 aliphatic carbocycles. The first kappa shape index (κ1) is 26.0. The lowest BCUT2D eigenvalue weighted by Gasteiger charge is -2.40. The predicted molar refractivity (Wildman–Crippen MR) is 125 cm³/mol. The van der Waals surface area contributed by atoms with Gasteiger partial charge in [-0.1, -0.05) is 13.0 Å². The summed E-state index contributed by atoms with van der Waals surface area (Å²) in [6, 6.07) is 3.87. The van der Waals surface area contributed by atoms with Crippen molar-refractivity contribution in [2.75, 3.05) is 53.5 Å². The van der Waals surface area contributed by atoms with E-state index in [0.717, 1.165) is 77.0 Å². The van der Waals surface area contributed by atoms with Gasteiger partial charge in [-0.05, 0) is 31.7 Å². The minimum atomic E-state index is -0.530. The average Bonchev–Trinajstić information content (AvgIpc) is 2.70. The number of unbranched alkanes of at least 4 members (excludes halogenated alkanes) is 2. The SMILES string of the molecule is CCC(c1ccc(F)cc1F)N1CCN(C(=NC)NCCCCCOC)CC1.I. The molecule has 1 aromatic rings. The van der Waals surface area contributed by atoms with Gasteiger partial charge in [0.2, 0.25) is 0 Å². The van der Waals surface area contributed by atoms with Gasteiger partial charge in [0.05, 0.1) is 0 Å². The van der Waals surface area contributed by atoms with Gasteiger partial charge >= 0.3 is 0 Å². The second-order valence-electron chi connectivity index (χ2n) is 7.14. The molecule has 1 aliphatic heterocycles. The molecule has 1 heterocycles. The minimum Gasteiger partial charge on any atom is -0.385 e. The van der Waals surface area contributed by atoms with Crippen LogP contribution in [0, 0.1) is 11.6 Å². The van der Waals surface area contributed by atoms with E-state index < -0.39 is 11.6 Å². The van der Waals surface area contributed by atoms with Crippen molar-refractivity contribution < 1.29 is 13.5 Å². The predicted octanol–water partition coefficient (Wildman–Crippen LogP) is 4.04. The normalized spacial score (nSPS) is 16.4. The van der Waals surface area contributed by atoms with Crippen molar-refractivity contribution in [3.8, 4) is 0 Å². The fourth-order valence-corrected chi connectivity index (χ4v) is 3.77. The molecule has 166 valence electrons. The van der Waals surface area contributed by atoms with E-state index >= 15 is 0 Å². The second kappa shape index (κ2) is 14.1. The Morgan fingerprint density at radius 3 is 2.48 bits per heavy atom. The molecule has 1 unspecified atom stereocenters. The van der Waals surface area contributed by atoms with Crippen molar-refractivity contribution in [3.05, 3.63) is 35.4 Å². The van der Waals surface area contributed by atoms with Gasteiger partial charge in [-0.15, -0.1) is 24.0 Å². The van der Waals surface area contributed by atoms with E-state index in [1.54, 1.807) is 13.2 Å². The number of nitrogens with zero attached hydrogens (tertiary/aromatic N) is 3. The summed E-state index contributed by atoms with van der Waals surface area (Å²) in [6.07, 6.45) is 4.09. The van der Waals surface area contributed by atoms with Crippen LogP contribution in [0.2, 0.25) is 0 Å². The Morgan fingerprint density at radius 2 is 1.90 bits per heavy atom. The molecule has 1 atom stereocenters.